The van der Waals surface area contributed by atoms with E-state index in [0.717, 1.165) is 0 Å². The van der Waals surface area contributed by atoms with Crippen molar-refractivity contribution in [2.45, 2.75) is 39.3 Å². The van der Waals surface area contributed by atoms with Crippen LogP contribution in [0.4, 0.5) is 0 Å². The van der Waals surface area contributed by atoms with Crippen LogP contribution in [-0.2, 0) is 21.7 Å². The summed E-state index contributed by atoms with van der Waals surface area (Å²) in [6, 6.07) is 0. The van der Waals surface area contributed by atoms with Gasteiger partial charge in [0, 0.05) is 0 Å². The van der Waals surface area contributed by atoms with Gasteiger partial charge in [-0.1, -0.05) is 55.8 Å². The summed E-state index contributed by atoms with van der Waals surface area (Å²) < 4.78 is 15.0. The average Bonchev–Trinajstić information content (AvgIpc) is 1.96. The second-order valence-corrected chi connectivity index (χ2v) is 20.4. The molecule has 20 heavy (non-hydrogen) atoms. The molecule has 0 aliphatic carbocycles. The third kappa shape index (κ3) is 10.5. The SMILES string of the molecule is CN(C)[Si]([N-][Si](C)(C)C)([N-][Si](C)(C)C)N(C)C.[Cl-].[Cl-].[Ti+4]. The molecule has 0 spiro atoms. The average molecular weight is 409 g/mol. The molecule has 0 aliphatic rings. The Hall–Kier alpha value is 1.78. The number of nitrogens with zero attached hydrogens (tertiary/aromatic N) is 4. The van der Waals surface area contributed by atoms with Gasteiger partial charge in [-0.2, -0.15) is 0 Å². The van der Waals surface area contributed by atoms with Gasteiger partial charge >= 0.3 is 21.7 Å². The topological polar surface area (TPSA) is 34.7 Å². The van der Waals surface area contributed by atoms with Crippen molar-refractivity contribution < 1.29 is 46.5 Å². The van der Waals surface area contributed by atoms with E-state index < -0.39 is 25.2 Å². The normalized spacial score (nSPS) is 12.6. The van der Waals surface area contributed by atoms with Crippen molar-refractivity contribution in [2.75, 3.05) is 28.2 Å². The maximum absolute atomic E-state index is 5.22. The summed E-state index contributed by atoms with van der Waals surface area (Å²) in [5.74, 6) is 0. The van der Waals surface area contributed by atoms with Gasteiger partial charge in [-0.05, 0) is 36.9 Å². The molecule has 120 valence electrons. The Kier molecular flexibility index (Phi) is 15.7. The van der Waals surface area contributed by atoms with Crippen LogP contribution in [0.25, 0.3) is 9.30 Å². The fourth-order valence-electron chi connectivity index (χ4n) is 1.73. The molecule has 0 amide bonds. The fraction of sp³-hybridized carbons (Fsp3) is 1.00. The minimum atomic E-state index is -2.18. The van der Waals surface area contributed by atoms with Gasteiger partial charge in [-0.15, -0.1) is 0 Å². The zero-order valence-corrected chi connectivity index (χ0v) is 20.6. The van der Waals surface area contributed by atoms with Gasteiger partial charge in [0.15, 0.2) is 0 Å². The van der Waals surface area contributed by atoms with Crippen molar-refractivity contribution in [1.82, 2.24) is 9.13 Å². The van der Waals surface area contributed by atoms with E-state index in [2.05, 4.69) is 76.6 Å². The van der Waals surface area contributed by atoms with E-state index in [4.69, 9.17) is 9.30 Å². The summed E-state index contributed by atoms with van der Waals surface area (Å²) in [7, 11) is 3.34. The molecule has 0 rings (SSSR count). The smallest absolute Gasteiger partial charge is 1.00 e. The minimum absolute atomic E-state index is 0. The zero-order valence-electron chi connectivity index (χ0n) is 14.5. The standard InChI is InChI=1S/C10H30N4Si3.2ClH.Ti/c1-13(2)17(14(3)4,11-15(5,6)7)12-16(8,9)10;;;/h1-10H3;2*1H;/q-2;;;+4/p-2. The van der Waals surface area contributed by atoms with Crippen molar-refractivity contribution in [3.05, 3.63) is 9.30 Å². The quantitative estimate of drug-likeness (QED) is 0.438. The molecule has 0 N–H and O–H groups in total. The first-order chi connectivity index (χ1) is 7.30. The third-order valence-corrected chi connectivity index (χ3v) is 12.3. The van der Waals surface area contributed by atoms with Crippen LogP contribution in [-0.4, -0.2) is 62.5 Å². The van der Waals surface area contributed by atoms with E-state index in [0.29, 0.717) is 0 Å². The fourth-order valence-corrected chi connectivity index (χ4v) is 13.6. The van der Waals surface area contributed by atoms with Gasteiger partial charge in [0.25, 0.3) is 0 Å². The summed E-state index contributed by atoms with van der Waals surface area (Å²) in [5.41, 5.74) is 0. The van der Waals surface area contributed by atoms with Crippen molar-refractivity contribution >= 4 is 25.2 Å². The number of halogens is 2. The molecule has 0 aromatic rings. The first-order valence-corrected chi connectivity index (χ1v) is 14.8. The minimum Gasteiger partial charge on any atom is -1.00 e. The van der Waals surface area contributed by atoms with Crippen LogP contribution in [0.1, 0.15) is 0 Å². The number of hydrogen-bond donors (Lipinski definition) is 0. The largest absolute Gasteiger partial charge is 4.00 e. The van der Waals surface area contributed by atoms with Crippen molar-refractivity contribution in [2.24, 2.45) is 0 Å². The van der Waals surface area contributed by atoms with Crippen LogP contribution in [0.15, 0.2) is 0 Å². The van der Waals surface area contributed by atoms with E-state index >= 15 is 0 Å². The van der Waals surface area contributed by atoms with E-state index in [1.54, 1.807) is 0 Å². The van der Waals surface area contributed by atoms with Crippen LogP contribution in [0, 0.1) is 0 Å². The van der Waals surface area contributed by atoms with Crippen LogP contribution in [0.3, 0.4) is 0 Å². The molecule has 0 unspecified atom stereocenters. The zero-order chi connectivity index (χ0) is 14.1. The Morgan fingerprint density at radius 2 is 0.800 bits per heavy atom. The predicted octanol–water partition coefficient (Wildman–Crippen LogP) is -3.03. The molecule has 4 nitrogen and oxygen atoms in total. The maximum Gasteiger partial charge on any atom is 4.00 e. The Bertz CT molecular complexity index is 232. The van der Waals surface area contributed by atoms with Gasteiger partial charge < -0.3 is 43.2 Å². The summed E-state index contributed by atoms with van der Waals surface area (Å²) >= 11 is 0. The first kappa shape index (κ1) is 29.8. The van der Waals surface area contributed by atoms with Crippen molar-refractivity contribution in [3.8, 4) is 0 Å². The number of rotatable bonds is 6. The first-order valence-electron chi connectivity index (χ1n) is 6.13. The summed E-state index contributed by atoms with van der Waals surface area (Å²) in [6.45, 7) is 13.8. The Morgan fingerprint density at radius 1 is 0.600 bits per heavy atom. The summed E-state index contributed by atoms with van der Waals surface area (Å²) in [4.78, 5) is 0. The second-order valence-electron chi connectivity index (χ2n) is 6.95. The molecule has 0 atom stereocenters. The van der Waals surface area contributed by atoms with Crippen LogP contribution < -0.4 is 24.8 Å². The van der Waals surface area contributed by atoms with Crippen LogP contribution in [0.5, 0.6) is 0 Å². The molecule has 0 fully saturated rings. The van der Waals surface area contributed by atoms with E-state index in [9.17, 15) is 0 Å². The molecule has 0 aliphatic heterocycles. The molecule has 0 bridgehead atoms. The Labute approximate surface area is 157 Å². The molecule has 0 saturated carbocycles. The molecule has 0 aromatic heterocycles. The van der Waals surface area contributed by atoms with E-state index in [1.807, 2.05) is 0 Å². The Morgan fingerprint density at radius 3 is 0.900 bits per heavy atom. The molecule has 0 radical (unpaired) electrons. The molecular weight excluding hydrogens is 379 g/mol. The predicted molar refractivity (Wildman–Crippen MR) is 86.5 cm³/mol. The Balaban J connectivity index is -0.000000427. The van der Waals surface area contributed by atoms with Gasteiger partial charge in [0.2, 0.25) is 0 Å². The number of hydrogen-bond acceptors (Lipinski definition) is 2. The van der Waals surface area contributed by atoms with E-state index in [-0.39, 0.29) is 46.5 Å². The van der Waals surface area contributed by atoms with Crippen molar-refractivity contribution in [1.29, 1.82) is 0 Å². The monoisotopic (exact) mass is 408 g/mol. The van der Waals surface area contributed by atoms with Gasteiger partial charge in [-0.25, -0.2) is 0 Å². The van der Waals surface area contributed by atoms with E-state index in [1.165, 1.54) is 0 Å². The van der Waals surface area contributed by atoms with Gasteiger partial charge in [0.1, 0.15) is 0 Å². The maximum atomic E-state index is 5.22. The molecule has 0 heterocycles. The summed E-state index contributed by atoms with van der Waals surface area (Å²) in [5, 5.41) is 0. The second kappa shape index (κ2) is 10.5. The van der Waals surface area contributed by atoms with Crippen LogP contribution in [0.2, 0.25) is 39.3 Å². The summed E-state index contributed by atoms with van der Waals surface area (Å²) in [6.07, 6.45) is 0. The third-order valence-electron chi connectivity index (χ3n) is 2.17. The van der Waals surface area contributed by atoms with Gasteiger partial charge in [-0.3, -0.25) is 0 Å². The molecule has 10 heteroatoms. The van der Waals surface area contributed by atoms with Crippen molar-refractivity contribution in [3.63, 3.8) is 0 Å². The van der Waals surface area contributed by atoms with Gasteiger partial charge in [0.05, 0.1) is 0 Å². The molecule has 0 aromatic carbocycles. The van der Waals surface area contributed by atoms with Crippen LogP contribution >= 0.6 is 0 Å². The molecular formula is C10H30Cl2N4Si3Ti. The molecule has 0 saturated heterocycles.